The average Bonchev–Trinajstić information content (AvgIpc) is 2.96. The molecule has 1 aromatic heterocycles. The molecule has 9 heteroatoms. The van der Waals surface area contributed by atoms with Gasteiger partial charge in [0.1, 0.15) is 27.4 Å². The lowest BCUT2D eigenvalue weighted by atomic mass is 10.2. The first-order valence-corrected chi connectivity index (χ1v) is 10.2. The SMILES string of the molecule is Cc1nc(-c2ccc(F)cc2)sc1CCNS(=O)(=O)c1ccc(F)cc1F. The maximum Gasteiger partial charge on any atom is 0.243 e. The summed E-state index contributed by atoms with van der Waals surface area (Å²) in [5.41, 5.74) is 1.51. The molecule has 0 radical (unpaired) electrons. The molecule has 1 heterocycles. The van der Waals surface area contributed by atoms with Crippen LogP contribution in [0.1, 0.15) is 10.6 Å². The molecule has 0 aliphatic rings. The molecule has 0 fully saturated rings. The van der Waals surface area contributed by atoms with Gasteiger partial charge in [0.2, 0.25) is 10.0 Å². The molecule has 4 nitrogen and oxygen atoms in total. The van der Waals surface area contributed by atoms with Crippen LogP contribution in [0.2, 0.25) is 0 Å². The summed E-state index contributed by atoms with van der Waals surface area (Å²) < 4.78 is 66.3. The minimum atomic E-state index is -4.09. The van der Waals surface area contributed by atoms with Crippen LogP contribution in [0.3, 0.4) is 0 Å². The molecule has 0 atom stereocenters. The third-order valence-electron chi connectivity index (χ3n) is 3.81. The lowest BCUT2D eigenvalue weighted by Gasteiger charge is -2.07. The molecule has 0 amide bonds. The average molecular weight is 412 g/mol. The minimum absolute atomic E-state index is 0.0328. The van der Waals surface area contributed by atoms with E-state index in [4.69, 9.17) is 0 Å². The van der Waals surface area contributed by atoms with E-state index in [-0.39, 0.29) is 12.4 Å². The molecular weight excluding hydrogens is 397 g/mol. The number of thiazole rings is 1. The normalized spacial score (nSPS) is 11.7. The van der Waals surface area contributed by atoms with Crippen molar-refractivity contribution in [3.05, 3.63) is 70.5 Å². The molecule has 3 rings (SSSR count). The van der Waals surface area contributed by atoms with Crippen molar-refractivity contribution in [3.63, 3.8) is 0 Å². The molecule has 0 spiro atoms. The summed E-state index contributed by atoms with van der Waals surface area (Å²) in [6.07, 6.45) is 0.354. The van der Waals surface area contributed by atoms with Gasteiger partial charge in [-0.1, -0.05) is 0 Å². The Morgan fingerprint density at radius 1 is 1.04 bits per heavy atom. The Balaban J connectivity index is 1.69. The van der Waals surface area contributed by atoms with E-state index in [1.807, 2.05) is 0 Å². The van der Waals surface area contributed by atoms with Gasteiger partial charge in [0.15, 0.2) is 0 Å². The van der Waals surface area contributed by atoms with Crippen molar-refractivity contribution >= 4 is 21.4 Å². The maximum atomic E-state index is 13.7. The third kappa shape index (κ3) is 4.55. The highest BCUT2D eigenvalue weighted by molar-refractivity contribution is 7.89. The number of hydrogen-bond acceptors (Lipinski definition) is 4. The summed E-state index contributed by atoms with van der Waals surface area (Å²) in [5.74, 6) is -2.33. The van der Waals surface area contributed by atoms with Crippen LogP contribution in [0.15, 0.2) is 47.4 Å². The molecule has 1 N–H and O–H groups in total. The Morgan fingerprint density at radius 2 is 1.70 bits per heavy atom. The molecular formula is C18H15F3N2O2S2. The van der Waals surface area contributed by atoms with Crippen molar-refractivity contribution in [2.75, 3.05) is 6.54 Å². The quantitative estimate of drug-likeness (QED) is 0.664. The first kappa shape index (κ1) is 19.5. The molecule has 0 bridgehead atoms. The van der Waals surface area contributed by atoms with Gasteiger partial charge in [-0.3, -0.25) is 0 Å². The lowest BCUT2D eigenvalue weighted by Crippen LogP contribution is -2.26. The largest absolute Gasteiger partial charge is 0.243 e. The Morgan fingerprint density at radius 3 is 2.37 bits per heavy atom. The van der Waals surface area contributed by atoms with E-state index in [9.17, 15) is 21.6 Å². The van der Waals surface area contributed by atoms with E-state index >= 15 is 0 Å². The van der Waals surface area contributed by atoms with E-state index in [2.05, 4.69) is 9.71 Å². The molecule has 2 aromatic carbocycles. The van der Waals surface area contributed by atoms with Crippen molar-refractivity contribution in [1.29, 1.82) is 0 Å². The Labute approximate surface area is 158 Å². The van der Waals surface area contributed by atoms with Gasteiger partial charge in [-0.25, -0.2) is 31.3 Å². The van der Waals surface area contributed by atoms with E-state index in [0.717, 1.165) is 28.3 Å². The lowest BCUT2D eigenvalue weighted by molar-refractivity contribution is 0.543. The molecule has 0 aliphatic heterocycles. The zero-order valence-electron chi connectivity index (χ0n) is 14.2. The second-order valence-corrected chi connectivity index (χ2v) is 8.58. The van der Waals surface area contributed by atoms with Crippen molar-refractivity contribution < 1.29 is 21.6 Å². The van der Waals surface area contributed by atoms with Gasteiger partial charge in [0, 0.05) is 23.1 Å². The highest BCUT2D eigenvalue weighted by Gasteiger charge is 2.19. The van der Waals surface area contributed by atoms with Gasteiger partial charge < -0.3 is 0 Å². The highest BCUT2D eigenvalue weighted by atomic mass is 32.2. The van der Waals surface area contributed by atoms with Crippen molar-refractivity contribution in [1.82, 2.24) is 9.71 Å². The Hall–Kier alpha value is -2.23. The van der Waals surface area contributed by atoms with E-state index < -0.39 is 26.6 Å². The van der Waals surface area contributed by atoms with Crippen LogP contribution in [0.5, 0.6) is 0 Å². The van der Waals surface area contributed by atoms with Gasteiger partial charge in [-0.05, 0) is 49.7 Å². The number of hydrogen-bond donors (Lipinski definition) is 1. The number of benzene rings is 2. The Bertz CT molecular complexity index is 1060. The topological polar surface area (TPSA) is 59.1 Å². The summed E-state index contributed by atoms with van der Waals surface area (Å²) in [6, 6.07) is 8.23. The van der Waals surface area contributed by atoms with Gasteiger partial charge in [-0.2, -0.15) is 0 Å². The third-order valence-corrected chi connectivity index (χ3v) is 6.57. The van der Waals surface area contributed by atoms with Crippen LogP contribution in [-0.2, 0) is 16.4 Å². The Kier molecular flexibility index (Phi) is 5.64. The first-order valence-electron chi connectivity index (χ1n) is 7.93. The first-order chi connectivity index (χ1) is 12.8. The molecule has 0 saturated carbocycles. The number of halogens is 3. The smallest absolute Gasteiger partial charge is 0.241 e. The standard InChI is InChI=1S/C18H15F3N2O2S2/c1-11-16(26-18(23-11)12-2-4-13(19)5-3-12)8-9-22-27(24,25)17-7-6-14(20)10-15(17)21/h2-7,10,22H,8-9H2,1H3. The highest BCUT2D eigenvalue weighted by Crippen LogP contribution is 2.28. The van der Waals surface area contributed by atoms with Crippen LogP contribution in [0.4, 0.5) is 13.2 Å². The van der Waals surface area contributed by atoms with Crippen LogP contribution < -0.4 is 4.72 Å². The fourth-order valence-electron chi connectivity index (χ4n) is 2.45. The number of nitrogens with zero attached hydrogens (tertiary/aromatic N) is 1. The van der Waals surface area contributed by atoms with E-state index in [1.165, 1.54) is 23.5 Å². The van der Waals surface area contributed by atoms with Gasteiger partial charge in [0.25, 0.3) is 0 Å². The summed E-state index contributed by atoms with van der Waals surface area (Å²) in [7, 11) is -4.09. The zero-order valence-corrected chi connectivity index (χ0v) is 15.8. The molecule has 3 aromatic rings. The van der Waals surface area contributed by atoms with Crippen LogP contribution >= 0.6 is 11.3 Å². The molecule has 142 valence electrons. The van der Waals surface area contributed by atoms with E-state index in [1.54, 1.807) is 19.1 Å². The number of nitrogens with one attached hydrogen (secondary N) is 1. The second-order valence-electron chi connectivity index (χ2n) is 5.76. The van der Waals surface area contributed by atoms with Gasteiger partial charge in [-0.15, -0.1) is 11.3 Å². The van der Waals surface area contributed by atoms with Crippen LogP contribution in [0, 0.1) is 24.4 Å². The van der Waals surface area contributed by atoms with Crippen molar-refractivity contribution in [3.8, 4) is 10.6 Å². The van der Waals surface area contributed by atoms with Crippen molar-refractivity contribution in [2.45, 2.75) is 18.2 Å². The van der Waals surface area contributed by atoms with Crippen LogP contribution in [0.25, 0.3) is 10.6 Å². The fourth-order valence-corrected chi connectivity index (χ4v) is 4.60. The second kappa shape index (κ2) is 7.79. The van der Waals surface area contributed by atoms with Gasteiger partial charge >= 0.3 is 0 Å². The van der Waals surface area contributed by atoms with E-state index in [0.29, 0.717) is 17.5 Å². The summed E-state index contributed by atoms with van der Waals surface area (Å²) in [4.78, 5) is 4.68. The van der Waals surface area contributed by atoms with Crippen molar-refractivity contribution in [2.24, 2.45) is 0 Å². The molecule has 0 unspecified atom stereocenters. The minimum Gasteiger partial charge on any atom is -0.241 e. The van der Waals surface area contributed by atoms with Crippen LogP contribution in [-0.4, -0.2) is 19.9 Å². The summed E-state index contributed by atoms with van der Waals surface area (Å²) in [5, 5.41) is 0.704. The number of aryl methyl sites for hydroxylation is 1. The van der Waals surface area contributed by atoms with Gasteiger partial charge in [0.05, 0.1) is 5.69 Å². The number of sulfonamides is 1. The predicted molar refractivity (Wildman–Crippen MR) is 97.5 cm³/mol. The molecule has 0 aliphatic carbocycles. The number of rotatable bonds is 6. The fraction of sp³-hybridized carbons (Fsp3) is 0.167. The molecule has 27 heavy (non-hydrogen) atoms. The predicted octanol–water partition coefficient (Wildman–Crippen LogP) is 4.06. The maximum absolute atomic E-state index is 13.7. The molecule has 0 saturated heterocycles. The summed E-state index contributed by atoms with van der Waals surface area (Å²) in [6.45, 7) is 1.83. The summed E-state index contributed by atoms with van der Waals surface area (Å²) >= 11 is 1.38. The number of aromatic nitrogens is 1. The zero-order chi connectivity index (χ0) is 19.6. The monoisotopic (exact) mass is 412 g/mol.